The summed E-state index contributed by atoms with van der Waals surface area (Å²) < 4.78 is 10.8. The number of hydrogen-bond acceptors (Lipinski definition) is 7. The third-order valence-electron chi connectivity index (χ3n) is 6.44. The summed E-state index contributed by atoms with van der Waals surface area (Å²) in [6.45, 7) is 1.73. The van der Waals surface area contributed by atoms with Gasteiger partial charge in [0.05, 0.1) is 25.0 Å². The van der Waals surface area contributed by atoms with E-state index in [1.807, 2.05) is 0 Å². The van der Waals surface area contributed by atoms with Crippen molar-refractivity contribution in [3.05, 3.63) is 119 Å². The van der Waals surface area contributed by atoms with Crippen LogP contribution in [0.2, 0.25) is 0 Å². The van der Waals surface area contributed by atoms with Gasteiger partial charge in [0.25, 0.3) is 11.8 Å². The van der Waals surface area contributed by atoms with Crippen LogP contribution in [0.25, 0.3) is 6.08 Å². The molecule has 10 nitrogen and oxygen atoms in total. The van der Waals surface area contributed by atoms with Crippen molar-refractivity contribution in [3.63, 3.8) is 0 Å². The monoisotopic (exact) mass is 625 g/mol. The first-order valence-corrected chi connectivity index (χ1v) is 14.6. The Balaban J connectivity index is 1.51. The molecule has 0 aliphatic carbocycles. The number of aromatic carboxylic acids is 1. The molecule has 3 amide bonds. The van der Waals surface area contributed by atoms with Gasteiger partial charge in [-0.2, -0.15) is 0 Å². The lowest BCUT2D eigenvalue weighted by atomic mass is 10.1. The van der Waals surface area contributed by atoms with Gasteiger partial charge >= 0.3 is 5.97 Å². The first-order valence-electron chi connectivity index (χ1n) is 13.7. The highest BCUT2D eigenvalue weighted by atomic mass is 32.2. The second-order valence-electron chi connectivity index (χ2n) is 9.60. The topological polar surface area (TPSA) is 143 Å². The molecule has 0 fully saturated rings. The number of nitrogens with one attached hydrogen (secondary N) is 3. The van der Waals surface area contributed by atoms with Gasteiger partial charge in [-0.15, -0.1) is 11.8 Å². The molecular formula is C34H31N3O7S. The van der Waals surface area contributed by atoms with E-state index < -0.39 is 23.0 Å². The van der Waals surface area contributed by atoms with Crippen LogP contribution in [0.3, 0.4) is 0 Å². The Kier molecular flexibility index (Phi) is 11.0. The Morgan fingerprint density at radius 3 is 2.18 bits per heavy atom. The fraction of sp³-hybridized carbons (Fsp3) is 0.118. The molecule has 4 rings (SSSR count). The fourth-order valence-corrected chi connectivity index (χ4v) is 5.02. The summed E-state index contributed by atoms with van der Waals surface area (Å²) in [5.41, 5.74) is 1.89. The predicted octanol–water partition coefficient (Wildman–Crippen LogP) is 5.93. The number of ether oxygens (including phenoxy) is 2. The highest BCUT2D eigenvalue weighted by molar-refractivity contribution is 8.00. The number of carboxylic acids is 1. The van der Waals surface area contributed by atoms with E-state index in [1.54, 1.807) is 79.7 Å². The minimum Gasteiger partial charge on any atom is -0.497 e. The molecule has 0 saturated heterocycles. The molecule has 0 heterocycles. The molecule has 0 saturated carbocycles. The van der Waals surface area contributed by atoms with Crippen molar-refractivity contribution in [1.29, 1.82) is 0 Å². The molecule has 45 heavy (non-hydrogen) atoms. The van der Waals surface area contributed by atoms with Gasteiger partial charge in [0.1, 0.15) is 17.2 Å². The van der Waals surface area contributed by atoms with Crippen LogP contribution in [0.4, 0.5) is 11.4 Å². The summed E-state index contributed by atoms with van der Waals surface area (Å²) >= 11 is 1.28. The van der Waals surface area contributed by atoms with Crippen LogP contribution in [0.5, 0.6) is 11.5 Å². The van der Waals surface area contributed by atoms with E-state index >= 15 is 0 Å². The summed E-state index contributed by atoms with van der Waals surface area (Å²) in [5.74, 6) is -1.37. The Morgan fingerprint density at radius 1 is 0.778 bits per heavy atom. The van der Waals surface area contributed by atoms with E-state index in [4.69, 9.17) is 14.6 Å². The number of carbonyl (C=O) groups excluding carboxylic acids is 3. The van der Waals surface area contributed by atoms with Crippen molar-refractivity contribution in [2.75, 3.05) is 24.9 Å². The molecular weight excluding hydrogens is 594 g/mol. The van der Waals surface area contributed by atoms with Crippen LogP contribution >= 0.6 is 11.8 Å². The molecule has 0 aromatic heterocycles. The van der Waals surface area contributed by atoms with E-state index in [2.05, 4.69) is 16.0 Å². The summed E-state index contributed by atoms with van der Waals surface area (Å²) in [6.07, 6.45) is 1.51. The first-order chi connectivity index (χ1) is 21.7. The maximum absolute atomic E-state index is 13.6. The average molecular weight is 626 g/mol. The van der Waals surface area contributed by atoms with Gasteiger partial charge in [-0.3, -0.25) is 14.4 Å². The summed E-state index contributed by atoms with van der Waals surface area (Å²) in [7, 11) is 3.02. The third-order valence-corrected chi connectivity index (χ3v) is 7.53. The summed E-state index contributed by atoms with van der Waals surface area (Å²) in [4.78, 5) is 51.2. The lowest BCUT2D eigenvalue weighted by Crippen LogP contribution is -2.30. The molecule has 0 aliphatic heterocycles. The van der Waals surface area contributed by atoms with Crippen molar-refractivity contribution in [2.45, 2.75) is 17.1 Å². The number of hydrogen-bond donors (Lipinski definition) is 4. The molecule has 1 atom stereocenters. The van der Waals surface area contributed by atoms with Gasteiger partial charge < -0.3 is 30.5 Å². The van der Waals surface area contributed by atoms with E-state index in [9.17, 15) is 19.2 Å². The maximum atomic E-state index is 13.6. The fourth-order valence-electron chi connectivity index (χ4n) is 4.09. The number of amides is 3. The smallest absolute Gasteiger partial charge is 0.335 e. The van der Waals surface area contributed by atoms with Gasteiger partial charge in [-0.1, -0.05) is 24.3 Å². The highest BCUT2D eigenvalue weighted by Crippen LogP contribution is 2.28. The van der Waals surface area contributed by atoms with Crippen molar-refractivity contribution < 1.29 is 33.8 Å². The lowest BCUT2D eigenvalue weighted by molar-refractivity contribution is -0.115. The van der Waals surface area contributed by atoms with Crippen molar-refractivity contribution in [3.8, 4) is 11.5 Å². The standard InChI is InChI=1S/C34H31N3O7S/c1-21(31(38)35-25-14-12-23(13-15-25)34(41)42)45-28-11-7-10-26(20-28)36-33(40)29(37-32(39)22-8-5-4-6-9-22)19-24-18-27(43-2)16-17-30(24)44-3/h4-21H,1-3H3,(H,35,38)(H,36,40)(H,37,39)(H,41,42)/b29-19+. The number of benzene rings is 4. The number of thioether (sulfide) groups is 1. The van der Waals surface area contributed by atoms with Gasteiger partial charge in [0, 0.05) is 27.4 Å². The molecule has 0 radical (unpaired) electrons. The lowest BCUT2D eigenvalue weighted by Gasteiger charge is -2.15. The van der Waals surface area contributed by atoms with Crippen molar-refractivity contribution in [2.24, 2.45) is 0 Å². The van der Waals surface area contributed by atoms with Crippen molar-refractivity contribution >= 4 is 52.9 Å². The average Bonchev–Trinajstić information content (AvgIpc) is 3.05. The SMILES string of the molecule is COc1ccc(OC)c(/C=C(/NC(=O)c2ccccc2)C(=O)Nc2cccc(SC(C)C(=O)Nc3ccc(C(=O)O)cc3)c2)c1. The zero-order chi connectivity index (χ0) is 32.3. The van der Waals surface area contributed by atoms with E-state index in [0.29, 0.717) is 38.9 Å². The Hall–Kier alpha value is -5.55. The number of carboxylic acid groups (broad SMARTS) is 1. The van der Waals surface area contributed by atoms with Gasteiger partial charge in [-0.25, -0.2) is 4.79 Å². The first kappa shape index (κ1) is 32.4. The zero-order valence-electron chi connectivity index (χ0n) is 24.7. The van der Waals surface area contributed by atoms with Crippen LogP contribution in [0.1, 0.15) is 33.2 Å². The summed E-state index contributed by atoms with van der Waals surface area (Å²) in [5, 5.41) is 16.9. The zero-order valence-corrected chi connectivity index (χ0v) is 25.5. The van der Waals surface area contributed by atoms with Crippen LogP contribution < -0.4 is 25.4 Å². The van der Waals surface area contributed by atoms with Gasteiger partial charge in [0.15, 0.2) is 0 Å². The Morgan fingerprint density at radius 2 is 1.51 bits per heavy atom. The molecule has 0 aliphatic rings. The van der Waals surface area contributed by atoms with Crippen LogP contribution in [-0.2, 0) is 9.59 Å². The maximum Gasteiger partial charge on any atom is 0.335 e. The second kappa shape index (κ2) is 15.3. The number of anilines is 2. The largest absolute Gasteiger partial charge is 0.497 e. The quantitative estimate of drug-likeness (QED) is 0.112. The van der Waals surface area contributed by atoms with E-state index in [0.717, 1.165) is 0 Å². The molecule has 4 N–H and O–H groups in total. The molecule has 1 unspecified atom stereocenters. The van der Waals surface area contributed by atoms with Crippen LogP contribution in [0, 0.1) is 0 Å². The minimum atomic E-state index is -1.05. The molecule has 4 aromatic carbocycles. The molecule has 4 aromatic rings. The summed E-state index contributed by atoms with van der Waals surface area (Å²) in [6, 6.07) is 26.5. The highest BCUT2D eigenvalue weighted by Gasteiger charge is 2.18. The predicted molar refractivity (Wildman–Crippen MR) is 174 cm³/mol. The second-order valence-corrected chi connectivity index (χ2v) is 11.0. The van der Waals surface area contributed by atoms with Crippen molar-refractivity contribution in [1.82, 2.24) is 5.32 Å². The van der Waals surface area contributed by atoms with Gasteiger partial charge in [0.2, 0.25) is 5.91 Å². The molecule has 0 bridgehead atoms. The number of carbonyl (C=O) groups is 4. The van der Waals surface area contributed by atoms with E-state index in [1.165, 1.54) is 56.3 Å². The van der Waals surface area contributed by atoms with Gasteiger partial charge in [-0.05, 0) is 85.8 Å². The van der Waals surface area contributed by atoms with Crippen LogP contribution in [0.15, 0.2) is 108 Å². The molecule has 0 spiro atoms. The minimum absolute atomic E-state index is 0.0323. The molecule has 230 valence electrons. The van der Waals surface area contributed by atoms with E-state index in [-0.39, 0.29) is 17.2 Å². The Labute approximate surface area is 264 Å². The Bertz CT molecular complexity index is 1720. The number of methoxy groups -OCH3 is 2. The third kappa shape index (κ3) is 8.97. The van der Waals surface area contributed by atoms with Crippen LogP contribution in [-0.4, -0.2) is 48.3 Å². The molecule has 11 heteroatoms. The normalized spacial score (nSPS) is 11.6. The number of rotatable bonds is 12.